The molecule has 1 fully saturated rings. The van der Waals surface area contributed by atoms with Gasteiger partial charge in [0.1, 0.15) is 5.54 Å². The predicted octanol–water partition coefficient (Wildman–Crippen LogP) is 1.62. The van der Waals surface area contributed by atoms with E-state index in [9.17, 15) is 14.9 Å². The van der Waals surface area contributed by atoms with Crippen LogP contribution in [0.25, 0.3) is 0 Å². The van der Waals surface area contributed by atoms with Crippen LogP contribution in [0.1, 0.15) is 47.5 Å². The van der Waals surface area contributed by atoms with Gasteiger partial charge in [-0.25, -0.2) is 0 Å². The van der Waals surface area contributed by atoms with Crippen LogP contribution in [0.4, 0.5) is 0 Å². The molecule has 1 saturated heterocycles. The van der Waals surface area contributed by atoms with E-state index in [-0.39, 0.29) is 36.2 Å². The number of nitrogens with zero attached hydrogens (tertiary/aromatic N) is 3. The van der Waals surface area contributed by atoms with Gasteiger partial charge in [0.05, 0.1) is 12.6 Å². The molecule has 0 unspecified atom stereocenters. The summed E-state index contributed by atoms with van der Waals surface area (Å²) in [6.45, 7) is 11.4. The molecule has 6 nitrogen and oxygen atoms in total. The van der Waals surface area contributed by atoms with Gasteiger partial charge in [-0.05, 0) is 52.6 Å². The molecule has 0 aliphatic carbocycles. The molecule has 1 heterocycles. The average molecular weight is 336 g/mol. The van der Waals surface area contributed by atoms with Gasteiger partial charge in [0.25, 0.3) is 0 Å². The lowest BCUT2D eigenvalue weighted by Gasteiger charge is -2.34. The Morgan fingerprint density at radius 2 is 1.83 bits per heavy atom. The first-order valence-corrected chi connectivity index (χ1v) is 8.82. The summed E-state index contributed by atoms with van der Waals surface area (Å²) in [6, 6.07) is 2.40. The zero-order valence-corrected chi connectivity index (χ0v) is 15.9. The Morgan fingerprint density at radius 3 is 2.25 bits per heavy atom. The lowest BCUT2D eigenvalue weighted by Crippen LogP contribution is -2.53. The average Bonchev–Trinajstić information content (AvgIpc) is 2.53. The highest BCUT2D eigenvalue weighted by molar-refractivity contribution is 5.80. The first kappa shape index (κ1) is 20.4. The molecule has 24 heavy (non-hydrogen) atoms. The monoisotopic (exact) mass is 336 g/mol. The Hall–Kier alpha value is -1.61. The van der Waals surface area contributed by atoms with E-state index in [1.807, 2.05) is 34.7 Å². The molecule has 0 saturated carbocycles. The van der Waals surface area contributed by atoms with Crippen molar-refractivity contribution < 1.29 is 9.59 Å². The van der Waals surface area contributed by atoms with Gasteiger partial charge in [0.2, 0.25) is 11.8 Å². The maximum atomic E-state index is 12.4. The van der Waals surface area contributed by atoms with E-state index >= 15 is 0 Å². The number of hydrogen-bond donors (Lipinski definition) is 1. The highest BCUT2D eigenvalue weighted by Crippen LogP contribution is 2.20. The Kier molecular flexibility index (Phi) is 7.22. The van der Waals surface area contributed by atoms with Gasteiger partial charge in [0, 0.05) is 19.0 Å². The molecule has 1 rings (SSSR count). The molecule has 136 valence electrons. The highest BCUT2D eigenvalue weighted by Gasteiger charge is 2.32. The Labute approximate surface area is 146 Å². The number of carbonyl (C=O) groups is 2. The summed E-state index contributed by atoms with van der Waals surface area (Å²) in [5.41, 5.74) is -0.842. The number of rotatable bonds is 6. The van der Waals surface area contributed by atoms with Crippen LogP contribution in [0.2, 0.25) is 0 Å². The molecule has 6 heteroatoms. The summed E-state index contributed by atoms with van der Waals surface area (Å²) >= 11 is 0. The maximum Gasteiger partial charge on any atom is 0.235 e. The zero-order valence-electron chi connectivity index (χ0n) is 15.9. The molecule has 0 aromatic heterocycles. The first-order chi connectivity index (χ1) is 11.1. The SMILES string of the molecule is CC(C)N(C)C(=O)C1CCN(CC(=O)N[C@](C)(C#N)C(C)C)CC1. The Morgan fingerprint density at radius 1 is 1.29 bits per heavy atom. The third-order valence-electron chi connectivity index (χ3n) is 5.21. The van der Waals surface area contributed by atoms with Crippen molar-refractivity contribution in [1.29, 1.82) is 5.26 Å². The van der Waals surface area contributed by atoms with Crippen LogP contribution in [0, 0.1) is 23.2 Å². The minimum Gasteiger partial charge on any atom is -0.343 e. The standard InChI is InChI=1S/C18H32N4O2/c1-13(2)18(5,12-19)20-16(23)11-22-9-7-15(8-10-22)17(24)21(6)14(3)4/h13-15H,7-11H2,1-6H3,(H,20,23)/t18-/m1/s1. The van der Waals surface area contributed by atoms with Crippen LogP contribution >= 0.6 is 0 Å². The number of piperidine rings is 1. The topological polar surface area (TPSA) is 76.4 Å². The van der Waals surface area contributed by atoms with E-state index in [1.54, 1.807) is 11.8 Å². The molecule has 0 aromatic rings. The fraction of sp³-hybridized carbons (Fsp3) is 0.833. The van der Waals surface area contributed by atoms with Crippen LogP contribution in [0.15, 0.2) is 0 Å². The number of nitriles is 1. The normalized spacial score (nSPS) is 19.0. The van der Waals surface area contributed by atoms with E-state index in [0.717, 1.165) is 25.9 Å². The van der Waals surface area contributed by atoms with E-state index < -0.39 is 5.54 Å². The summed E-state index contributed by atoms with van der Waals surface area (Å²) in [5.74, 6) is 0.168. The molecule has 2 amide bonds. The van der Waals surface area contributed by atoms with Gasteiger partial charge in [-0.1, -0.05) is 13.8 Å². The number of carbonyl (C=O) groups excluding carboxylic acids is 2. The van der Waals surface area contributed by atoms with Crippen LogP contribution in [0.5, 0.6) is 0 Å². The van der Waals surface area contributed by atoms with Gasteiger partial charge in [-0.2, -0.15) is 5.26 Å². The van der Waals surface area contributed by atoms with Crippen LogP contribution < -0.4 is 5.32 Å². The third kappa shape index (κ3) is 5.20. The molecule has 1 aliphatic heterocycles. The third-order valence-corrected chi connectivity index (χ3v) is 5.21. The summed E-state index contributed by atoms with van der Waals surface area (Å²) < 4.78 is 0. The van der Waals surface area contributed by atoms with E-state index in [2.05, 4.69) is 16.3 Å². The molecule has 1 N–H and O–H groups in total. The Bertz CT molecular complexity index is 490. The van der Waals surface area contributed by atoms with Crippen molar-refractivity contribution >= 4 is 11.8 Å². The van der Waals surface area contributed by atoms with E-state index in [1.165, 1.54) is 0 Å². The minimum atomic E-state index is -0.842. The lowest BCUT2D eigenvalue weighted by atomic mass is 9.90. The van der Waals surface area contributed by atoms with E-state index in [0.29, 0.717) is 0 Å². The number of hydrogen-bond acceptors (Lipinski definition) is 4. The van der Waals surface area contributed by atoms with Gasteiger partial charge in [0.15, 0.2) is 0 Å². The van der Waals surface area contributed by atoms with Crippen LogP contribution in [-0.4, -0.2) is 59.9 Å². The highest BCUT2D eigenvalue weighted by atomic mass is 16.2. The smallest absolute Gasteiger partial charge is 0.235 e. The second kappa shape index (κ2) is 8.48. The van der Waals surface area contributed by atoms with Crippen LogP contribution in [0.3, 0.4) is 0 Å². The number of amides is 2. The van der Waals surface area contributed by atoms with Crippen molar-refractivity contribution in [2.45, 2.75) is 59.0 Å². The van der Waals surface area contributed by atoms with Gasteiger partial charge in [-0.3, -0.25) is 14.5 Å². The molecular weight excluding hydrogens is 304 g/mol. The van der Waals surface area contributed by atoms with Crippen molar-refractivity contribution in [3.63, 3.8) is 0 Å². The summed E-state index contributed by atoms with van der Waals surface area (Å²) in [5, 5.41) is 12.1. The van der Waals surface area contributed by atoms with Gasteiger partial charge in [-0.15, -0.1) is 0 Å². The van der Waals surface area contributed by atoms with Gasteiger partial charge < -0.3 is 10.2 Å². The summed E-state index contributed by atoms with van der Waals surface area (Å²) in [7, 11) is 1.85. The largest absolute Gasteiger partial charge is 0.343 e. The van der Waals surface area contributed by atoms with Crippen LogP contribution in [-0.2, 0) is 9.59 Å². The van der Waals surface area contributed by atoms with Crippen molar-refractivity contribution in [2.24, 2.45) is 11.8 Å². The summed E-state index contributed by atoms with van der Waals surface area (Å²) in [4.78, 5) is 28.4. The molecule has 1 atom stereocenters. The second-order valence-corrected chi connectivity index (χ2v) is 7.61. The first-order valence-electron chi connectivity index (χ1n) is 8.82. The Balaban J connectivity index is 2.48. The van der Waals surface area contributed by atoms with Crippen molar-refractivity contribution in [3.8, 4) is 6.07 Å². The number of nitrogens with one attached hydrogen (secondary N) is 1. The van der Waals surface area contributed by atoms with Crippen molar-refractivity contribution in [1.82, 2.24) is 15.1 Å². The van der Waals surface area contributed by atoms with Gasteiger partial charge >= 0.3 is 0 Å². The fourth-order valence-electron chi connectivity index (χ4n) is 2.71. The molecular formula is C18H32N4O2. The molecule has 0 aromatic carbocycles. The molecule has 0 spiro atoms. The molecule has 1 aliphatic rings. The fourth-order valence-corrected chi connectivity index (χ4v) is 2.71. The van der Waals surface area contributed by atoms with Crippen molar-refractivity contribution in [2.75, 3.05) is 26.7 Å². The lowest BCUT2D eigenvalue weighted by molar-refractivity contribution is -0.137. The zero-order chi connectivity index (χ0) is 18.5. The quantitative estimate of drug-likeness (QED) is 0.800. The minimum absolute atomic E-state index is 0.0429. The maximum absolute atomic E-state index is 12.4. The molecule has 0 bridgehead atoms. The predicted molar refractivity (Wildman–Crippen MR) is 94.1 cm³/mol. The number of likely N-dealkylation sites (tertiary alicyclic amines) is 1. The second-order valence-electron chi connectivity index (χ2n) is 7.61. The molecule has 0 radical (unpaired) electrons. The van der Waals surface area contributed by atoms with Crippen molar-refractivity contribution in [3.05, 3.63) is 0 Å². The van der Waals surface area contributed by atoms with E-state index in [4.69, 9.17) is 0 Å². The summed E-state index contributed by atoms with van der Waals surface area (Å²) in [6.07, 6.45) is 1.56.